The minimum absolute atomic E-state index is 0.0115. The largest absolute Gasteiger partial charge is 0.399 e. The van der Waals surface area contributed by atoms with Gasteiger partial charge in [0.1, 0.15) is 0 Å². The van der Waals surface area contributed by atoms with Gasteiger partial charge in [-0.2, -0.15) is 0 Å². The summed E-state index contributed by atoms with van der Waals surface area (Å²) in [6.45, 7) is 4.27. The molecule has 0 radical (unpaired) electrons. The van der Waals surface area contributed by atoms with Gasteiger partial charge in [-0.05, 0) is 58.9 Å². The van der Waals surface area contributed by atoms with Gasteiger partial charge in [-0.3, -0.25) is 14.5 Å². The molecule has 0 spiro atoms. The van der Waals surface area contributed by atoms with Crippen LogP contribution in [0.2, 0.25) is 0 Å². The summed E-state index contributed by atoms with van der Waals surface area (Å²) in [4.78, 5) is 32.9. The van der Waals surface area contributed by atoms with Crippen molar-refractivity contribution in [1.82, 2.24) is 0 Å². The van der Waals surface area contributed by atoms with Crippen molar-refractivity contribution in [2.45, 2.75) is 24.0 Å². The van der Waals surface area contributed by atoms with Gasteiger partial charge in [0, 0.05) is 33.1 Å². The molecule has 2 amide bonds. The Morgan fingerprint density at radius 2 is 1.64 bits per heavy atom. The third kappa shape index (κ3) is 2.68. The molecule has 2 aliphatic carbocycles. The Balaban J connectivity index is 1.30. The van der Waals surface area contributed by atoms with Gasteiger partial charge in [0.25, 0.3) is 0 Å². The van der Waals surface area contributed by atoms with E-state index in [1.807, 2.05) is 23.5 Å². The van der Waals surface area contributed by atoms with Crippen LogP contribution in [0.1, 0.15) is 24.3 Å². The Bertz CT molecular complexity index is 1240. The molecule has 0 aromatic heterocycles. The summed E-state index contributed by atoms with van der Waals surface area (Å²) in [6, 6.07) is 17.9. The molecule has 3 heterocycles. The van der Waals surface area contributed by atoms with Crippen LogP contribution in [0.3, 0.4) is 0 Å². The van der Waals surface area contributed by atoms with E-state index in [-0.39, 0.29) is 35.5 Å². The molecule has 7 rings (SSSR count). The van der Waals surface area contributed by atoms with Crippen LogP contribution in [0.5, 0.6) is 0 Å². The zero-order valence-electron chi connectivity index (χ0n) is 18.0. The number of allylic oxidation sites excluding steroid dienone is 3. The first-order valence-electron chi connectivity index (χ1n) is 11.6. The maximum Gasteiger partial charge on any atom is 0.238 e. The first-order chi connectivity index (χ1) is 16.0. The first kappa shape index (κ1) is 20.0. The Morgan fingerprint density at radius 1 is 0.939 bits per heavy atom. The van der Waals surface area contributed by atoms with Crippen molar-refractivity contribution in [1.29, 1.82) is 0 Å². The molecule has 2 bridgehead atoms. The number of nitrogens with two attached hydrogens (primary N) is 1. The minimum atomic E-state index is -0.204. The summed E-state index contributed by atoms with van der Waals surface area (Å²) >= 11 is 3.83. The number of rotatable bonds is 2. The van der Waals surface area contributed by atoms with Crippen molar-refractivity contribution in [2.75, 3.05) is 10.6 Å². The quantitative estimate of drug-likeness (QED) is 0.468. The number of carbonyl (C=O) groups excluding carboxylic acids is 2. The lowest BCUT2D eigenvalue weighted by atomic mass is 9.68. The van der Waals surface area contributed by atoms with E-state index in [1.54, 1.807) is 24.3 Å². The SMILES string of the molecule is C=C1CC2=C(S1)[C@H](c1ccccc1)[C@H]1[C@H]3C[C@@H]([C@H]1S2)[C@H]1C(=O)N(c2ccc(N)cc2)C(=O)[C@@H]31. The maximum absolute atomic E-state index is 13.7. The molecule has 3 fully saturated rings. The Hall–Kier alpha value is -2.44. The number of benzene rings is 2. The van der Waals surface area contributed by atoms with Gasteiger partial charge in [0.2, 0.25) is 11.8 Å². The average Bonchev–Trinajstić information content (AvgIpc) is 3.54. The predicted octanol–water partition coefficient (Wildman–Crippen LogP) is 5.40. The molecule has 2 aromatic rings. The van der Waals surface area contributed by atoms with Gasteiger partial charge in [-0.15, -0.1) is 11.8 Å². The van der Waals surface area contributed by atoms with Gasteiger partial charge in [-0.1, -0.05) is 48.7 Å². The van der Waals surface area contributed by atoms with Crippen LogP contribution in [0.15, 0.2) is 75.9 Å². The highest BCUT2D eigenvalue weighted by atomic mass is 32.2. The number of hydrogen-bond acceptors (Lipinski definition) is 5. The number of carbonyl (C=O) groups is 2. The normalized spacial score (nSPS) is 36.4. The van der Waals surface area contributed by atoms with Gasteiger partial charge < -0.3 is 5.73 Å². The molecule has 6 heteroatoms. The molecular weight excluding hydrogens is 448 g/mol. The molecule has 7 atom stereocenters. The third-order valence-electron chi connectivity index (χ3n) is 8.30. The van der Waals surface area contributed by atoms with E-state index >= 15 is 0 Å². The molecule has 33 heavy (non-hydrogen) atoms. The Labute approximate surface area is 201 Å². The fourth-order valence-electron chi connectivity index (χ4n) is 7.19. The minimum Gasteiger partial charge on any atom is -0.399 e. The topological polar surface area (TPSA) is 63.4 Å². The summed E-state index contributed by atoms with van der Waals surface area (Å²) in [7, 11) is 0. The number of anilines is 2. The molecule has 3 aliphatic heterocycles. The van der Waals surface area contributed by atoms with E-state index in [4.69, 9.17) is 5.73 Å². The van der Waals surface area contributed by atoms with Crippen molar-refractivity contribution < 1.29 is 9.59 Å². The third-order valence-corrected chi connectivity index (χ3v) is 11.2. The van der Waals surface area contributed by atoms with Crippen molar-refractivity contribution in [2.24, 2.45) is 29.6 Å². The molecule has 5 aliphatic rings. The number of hydrogen-bond donors (Lipinski definition) is 1. The summed E-state index contributed by atoms with van der Waals surface area (Å²) in [5.74, 6) is 0.744. The summed E-state index contributed by atoms with van der Waals surface area (Å²) in [5, 5.41) is 0.384. The van der Waals surface area contributed by atoms with E-state index in [2.05, 4.69) is 36.9 Å². The highest BCUT2D eigenvalue weighted by molar-refractivity contribution is 8.10. The van der Waals surface area contributed by atoms with E-state index in [0.29, 0.717) is 28.5 Å². The smallest absolute Gasteiger partial charge is 0.238 e. The van der Waals surface area contributed by atoms with Crippen molar-refractivity contribution >= 4 is 46.7 Å². The summed E-state index contributed by atoms with van der Waals surface area (Å²) in [6.07, 6.45) is 1.92. The van der Waals surface area contributed by atoms with Crippen molar-refractivity contribution in [3.63, 3.8) is 0 Å². The fourth-order valence-corrected chi connectivity index (χ4v) is 10.5. The van der Waals surface area contributed by atoms with E-state index < -0.39 is 0 Å². The number of fused-ring (bicyclic) bond motifs is 8. The lowest BCUT2D eigenvalue weighted by Crippen LogP contribution is -2.42. The lowest BCUT2D eigenvalue weighted by molar-refractivity contribution is -0.123. The van der Waals surface area contributed by atoms with Crippen LogP contribution in [0.4, 0.5) is 11.4 Å². The molecule has 166 valence electrons. The Morgan fingerprint density at radius 3 is 2.36 bits per heavy atom. The van der Waals surface area contributed by atoms with Crippen LogP contribution >= 0.6 is 23.5 Å². The summed E-state index contributed by atoms with van der Waals surface area (Å²) in [5.41, 5.74) is 8.45. The second kappa shape index (κ2) is 7.03. The van der Waals surface area contributed by atoms with Crippen molar-refractivity contribution in [3.8, 4) is 0 Å². The molecule has 2 saturated carbocycles. The van der Waals surface area contributed by atoms with Gasteiger partial charge in [-0.25, -0.2) is 0 Å². The second-order valence-corrected chi connectivity index (χ2v) is 12.4. The molecule has 1 saturated heterocycles. The van der Waals surface area contributed by atoms with Crippen LogP contribution in [0.25, 0.3) is 0 Å². The van der Waals surface area contributed by atoms with Crippen LogP contribution in [0, 0.1) is 29.6 Å². The number of nitrogens with zero attached hydrogens (tertiary/aromatic N) is 1. The average molecular weight is 473 g/mol. The number of amides is 2. The zero-order valence-corrected chi connectivity index (χ0v) is 19.6. The molecule has 2 N–H and O–H groups in total. The monoisotopic (exact) mass is 472 g/mol. The highest BCUT2D eigenvalue weighted by Gasteiger charge is 2.69. The van der Waals surface area contributed by atoms with Crippen LogP contribution < -0.4 is 10.6 Å². The fraction of sp³-hybridized carbons (Fsp3) is 0.333. The Kier molecular flexibility index (Phi) is 4.26. The number of nitrogen functional groups attached to an aromatic ring is 1. The molecule has 2 aromatic carbocycles. The standard InChI is InChI=1S/C27H24N2O2S2/c1-13-11-19-25(32-13)20(14-5-3-2-4-6-14)21-17-12-18(24(21)33-19)23-22(17)26(30)29(27(23)31)16-9-7-15(28)8-10-16/h2-10,17-18,20-24H,1,11-12,28H2/t17-,18-,20-,21-,22+,23-,24-/m1/s1. The van der Waals surface area contributed by atoms with E-state index in [1.165, 1.54) is 25.2 Å². The predicted molar refractivity (Wildman–Crippen MR) is 134 cm³/mol. The number of imide groups is 1. The first-order valence-corrected chi connectivity index (χ1v) is 13.3. The van der Waals surface area contributed by atoms with Crippen molar-refractivity contribution in [3.05, 3.63) is 81.5 Å². The highest BCUT2D eigenvalue weighted by Crippen LogP contribution is 2.71. The van der Waals surface area contributed by atoms with Crippen LogP contribution in [-0.2, 0) is 9.59 Å². The lowest BCUT2D eigenvalue weighted by Gasteiger charge is -2.44. The maximum atomic E-state index is 13.7. The van der Waals surface area contributed by atoms with Gasteiger partial charge in [0.15, 0.2) is 0 Å². The van der Waals surface area contributed by atoms with Gasteiger partial charge >= 0.3 is 0 Å². The number of thioether (sulfide) groups is 2. The zero-order chi connectivity index (χ0) is 22.4. The van der Waals surface area contributed by atoms with E-state index in [0.717, 1.165) is 12.8 Å². The van der Waals surface area contributed by atoms with Gasteiger partial charge in [0.05, 0.1) is 17.5 Å². The molecular formula is C27H24N2O2S2. The summed E-state index contributed by atoms with van der Waals surface area (Å²) < 4.78 is 0. The van der Waals surface area contributed by atoms with Crippen LogP contribution in [-0.4, -0.2) is 17.1 Å². The second-order valence-electron chi connectivity index (χ2n) is 9.87. The molecule has 0 unspecified atom stereocenters. The molecule has 4 nitrogen and oxygen atoms in total. The van der Waals surface area contributed by atoms with E-state index in [9.17, 15) is 9.59 Å².